The van der Waals surface area contributed by atoms with Crippen molar-refractivity contribution >= 4 is 5.91 Å². The fourth-order valence-corrected chi connectivity index (χ4v) is 3.45. The van der Waals surface area contributed by atoms with Crippen LogP contribution in [0.3, 0.4) is 0 Å². The number of halogens is 2. The molecule has 0 saturated carbocycles. The average Bonchev–Trinajstić information content (AvgIpc) is 3.09. The van der Waals surface area contributed by atoms with Gasteiger partial charge in [0, 0.05) is 23.2 Å². The molecule has 3 nitrogen and oxygen atoms in total. The third-order valence-electron chi connectivity index (χ3n) is 4.68. The van der Waals surface area contributed by atoms with Gasteiger partial charge in [-0.3, -0.25) is 4.79 Å². The largest absolute Gasteiger partial charge is 0.346 e. The lowest BCUT2D eigenvalue weighted by molar-refractivity contribution is 0.0894. The molecule has 138 valence electrons. The van der Waals surface area contributed by atoms with E-state index in [1.54, 1.807) is 24.3 Å². The van der Waals surface area contributed by atoms with Gasteiger partial charge in [0.2, 0.25) is 0 Å². The van der Waals surface area contributed by atoms with Crippen LogP contribution < -0.4 is 5.32 Å². The molecule has 1 heterocycles. The van der Waals surface area contributed by atoms with Gasteiger partial charge in [0.15, 0.2) is 11.6 Å². The molecule has 1 amide bonds. The van der Waals surface area contributed by atoms with Crippen molar-refractivity contribution in [1.82, 2.24) is 10.2 Å². The van der Waals surface area contributed by atoms with Crippen molar-refractivity contribution in [3.8, 4) is 11.1 Å². The highest BCUT2D eigenvalue weighted by molar-refractivity contribution is 5.95. The lowest BCUT2D eigenvalue weighted by Gasteiger charge is -2.31. The van der Waals surface area contributed by atoms with Gasteiger partial charge in [0.05, 0.1) is 0 Å². The van der Waals surface area contributed by atoms with Gasteiger partial charge in [-0.25, -0.2) is 8.78 Å². The second-order valence-electron chi connectivity index (χ2n) is 7.50. The third-order valence-corrected chi connectivity index (χ3v) is 4.68. The molecule has 0 spiro atoms. The Morgan fingerprint density at radius 1 is 1.08 bits per heavy atom. The van der Waals surface area contributed by atoms with Crippen LogP contribution in [0.25, 0.3) is 11.1 Å². The zero-order valence-corrected chi connectivity index (χ0v) is 15.2. The summed E-state index contributed by atoms with van der Waals surface area (Å²) in [5, 5.41) is 3.06. The monoisotopic (exact) mass is 358 g/mol. The number of amides is 1. The Kier molecular flexibility index (Phi) is 5.37. The zero-order chi connectivity index (χ0) is 18.7. The molecule has 5 heteroatoms. The number of rotatable bonds is 5. The minimum absolute atomic E-state index is 0.166. The van der Waals surface area contributed by atoms with Crippen LogP contribution in [0.15, 0.2) is 42.5 Å². The van der Waals surface area contributed by atoms with E-state index >= 15 is 0 Å². The summed E-state index contributed by atoms with van der Waals surface area (Å²) in [6.07, 6.45) is 2.42. The molecule has 1 saturated heterocycles. The van der Waals surface area contributed by atoms with Crippen LogP contribution in [-0.2, 0) is 0 Å². The normalized spacial score (nSPS) is 15.2. The molecule has 0 unspecified atom stereocenters. The first-order valence-corrected chi connectivity index (χ1v) is 8.95. The molecular formula is C21H24F2N2O. The predicted molar refractivity (Wildman–Crippen MR) is 99.0 cm³/mol. The van der Waals surface area contributed by atoms with E-state index < -0.39 is 11.6 Å². The van der Waals surface area contributed by atoms with Crippen LogP contribution in [0.1, 0.15) is 37.0 Å². The molecule has 1 fully saturated rings. The summed E-state index contributed by atoms with van der Waals surface area (Å²) in [5.41, 5.74) is 0.885. The first-order chi connectivity index (χ1) is 12.4. The number of hydrogen-bond acceptors (Lipinski definition) is 2. The standard InChI is InChI=1S/C21H24F2N2O/c1-21(2,14-25-12-3-4-13-25)24-20(26)16-10-8-15(9-11-16)17-6-5-7-18(22)19(17)23/h5-11H,3-4,12-14H2,1-2H3,(H,24,26). The number of hydrogen-bond donors (Lipinski definition) is 1. The van der Waals surface area contributed by atoms with Gasteiger partial charge in [-0.1, -0.05) is 24.3 Å². The molecule has 0 aromatic heterocycles. The van der Waals surface area contributed by atoms with Gasteiger partial charge in [-0.2, -0.15) is 0 Å². The Bertz CT molecular complexity index is 781. The number of carbonyl (C=O) groups excluding carboxylic acids is 1. The molecule has 1 aliphatic heterocycles. The Labute approximate surface area is 153 Å². The summed E-state index contributed by atoms with van der Waals surface area (Å²) >= 11 is 0. The fourth-order valence-electron chi connectivity index (χ4n) is 3.45. The second-order valence-corrected chi connectivity index (χ2v) is 7.50. The van der Waals surface area contributed by atoms with Crippen LogP contribution in [0, 0.1) is 11.6 Å². The summed E-state index contributed by atoms with van der Waals surface area (Å²) in [7, 11) is 0. The van der Waals surface area contributed by atoms with Crippen LogP contribution >= 0.6 is 0 Å². The second kappa shape index (κ2) is 7.54. The van der Waals surface area contributed by atoms with E-state index in [2.05, 4.69) is 10.2 Å². The summed E-state index contributed by atoms with van der Waals surface area (Å²) in [6.45, 7) is 6.99. The highest BCUT2D eigenvalue weighted by Gasteiger charge is 2.25. The molecule has 0 radical (unpaired) electrons. The number of carbonyl (C=O) groups is 1. The van der Waals surface area contributed by atoms with Crippen LogP contribution in [0.5, 0.6) is 0 Å². The summed E-state index contributed by atoms with van der Waals surface area (Å²) < 4.78 is 27.3. The van der Waals surface area contributed by atoms with E-state index in [-0.39, 0.29) is 17.0 Å². The fraction of sp³-hybridized carbons (Fsp3) is 0.381. The Morgan fingerprint density at radius 2 is 1.73 bits per heavy atom. The Morgan fingerprint density at radius 3 is 2.38 bits per heavy atom. The topological polar surface area (TPSA) is 32.3 Å². The summed E-state index contributed by atoms with van der Waals surface area (Å²) in [6, 6.07) is 10.6. The summed E-state index contributed by atoms with van der Waals surface area (Å²) in [4.78, 5) is 14.9. The smallest absolute Gasteiger partial charge is 0.251 e. The van der Waals surface area contributed by atoms with Crippen molar-refractivity contribution in [3.63, 3.8) is 0 Å². The van der Waals surface area contributed by atoms with E-state index in [9.17, 15) is 13.6 Å². The van der Waals surface area contributed by atoms with Gasteiger partial charge >= 0.3 is 0 Å². The number of nitrogens with zero attached hydrogens (tertiary/aromatic N) is 1. The third kappa shape index (κ3) is 4.28. The molecule has 0 aliphatic carbocycles. The van der Waals surface area contributed by atoms with Gasteiger partial charge in [0.1, 0.15) is 0 Å². The molecule has 1 N–H and O–H groups in total. The van der Waals surface area contributed by atoms with Crippen LogP contribution in [0.2, 0.25) is 0 Å². The predicted octanol–water partition coefficient (Wildman–Crippen LogP) is 4.24. The molecule has 3 rings (SSSR count). The molecule has 1 aliphatic rings. The maximum absolute atomic E-state index is 13.9. The van der Waals surface area contributed by atoms with Crippen molar-refractivity contribution in [2.75, 3.05) is 19.6 Å². The lowest BCUT2D eigenvalue weighted by atomic mass is 10.0. The van der Waals surface area contributed by atoms with Crippen molar-refractivity contribution in [2.45, 2.75) is 32.2 Å². The maximum atomic E-state index is 13.9. The minimum atomic E-state index is -0.881. The van der Waals surface area contributed by atoms with Crippen LogP contribution in [-0.4, -0.2) is 36.0 Å². The van der Waals surface area contributed by atoms with Crippen molar-refractivity contribution in [3.05, 3.63) is 59.7 Å². The Balaban J connectivity index is 1.69. The lowest BCUT2D eigenvalue weighted by Crippen LogP contribution is -2.50. The van der Waals surface area contributed by atoms with Crippen molar-refractivity contribution in [2.24, 2.45) is 0 Å². The maximum Gasteiger partial charge on any atom is 0.251 e. The average molecular weight is 358 g/mol. The minimum Gasteiger partial charge on any atom is -0.346 e. The van der Waals surface area contributed by atoms with E-state index in [1.165, 1.54) is 25.0 Å². The first-order valence-electron chi connectivity index (χ1n) is 8.95. The number of benzene rings is 2. The van der Waals surface area contributed by atoms with E-state index in [4.69, 9.17) is 0 Å². The SMILES string of the molecule is CC(C)(CN1CCCC1)NC(=O)c1ccc(-c2cccc(F)c2F)cc1. The molecule has 26 heavy (non-hydrogen) atoms. The van der Waals surface area contributed by atoms with Crippen molar-refractivity contribution < 1.29 is 13.6 Å². The molecule has 0 atom stereocenters. The highest BCUT2D eigenvalue weighted by atomic mass is 19.2. The molecular weight excluding hydrogens is 334 g/mol. The highest BCUT2D eigenvalue weighted by Crippen LogP contribution is 2.25. The van der Waals surface area contributed by atoms with E-state index in [0.717, 1.165) is 25.7 Å². The van der Waals surface area contributed by atoms with Gasteiger partial charge in [0.25, 0.3) is 5.91 Å². The molecule has 2 aromatic carbocycles. The Hall–Kier alpha value is -2.27. The molecule has 0 bridgehead atoms. The van der Waals surface area contributed by atoms with E-state index in [1.807, 2.05) is 13.8 Å². The van der Waals surface area contributed by atoms with Crippen LogP contribution in [0.4, 0.5) is 8.78 Å². The zero-order valence-electron chi connectivity index (χ0n) is 15.2. The van der Waals surface area contributed by atoms with E-state index in [0.29, 0.717) is 11.1 Å². The van der Waals surface area contributed by atoms with Gasteiger partial charge < -0.3 is 10.2 Å². The first kappa shape index (κ1) is 18.5. The summed E-state index contributed by atoms with van der Waals surface area (Å²) in [5.74, 6) is -1.93. The molecule has 2 aromatic rings. The number of likely N-dealkylation sites (tertiary alicyclic amines) is 1. The van der Waals surface area contributed by atoms with Gasteiger partial charge in [-0.15, -0.1) is 0 Å². The van der Waals surface area contributed by atoms with Crippen molar-refractivity contribution in [1.29, 1.82) is 0 Å². The quantitative estimate of drug-likeness (QED) is 0.867. The van der Waals surface area contributed by atoms with Gasteiger partial charge in [-0.05, 0) is 63.5 Å². The number of nitrogens with one attached hydrogen (secondary N) is 1.